The molecule has 0 aromatic rings. The quantitative estimate of drug-likeness (QED) is 0.313. The molecule has 0 saturated carbocycles. The largest absolute Gasteiger partial charge is 0.394 e. The Morgan fingerprint density at radius 1 is 0.864 bits per heavy atom. The molecule has 0 aromatic carbocycles. The summed E-state index contributed by atoms with van der Waals surface area (Å²) < 4.78 is 33.1. The molecule has 0 fully saturated rings. The summed E-state index contributed by atoms with van der Waals surface area (Å²) in [7, 11) is -4.67. The first-order valence-corrected chi connectivity index (χ1v) is 10.9. The summed E-state index contributed by atoms with van der Waals surface area (Å²) in [6, 6.07) is 0. The molecular formula is C14H31NaO6S. The number of hydrogen-bond acceptors (Lipinski definition) is 3. The molecule has 0 spiro atoms. The van der Waals surface area contributed by atoms with Gasteiger partial charge >= 0.3 is 113 Å². The zero-order valence-electron chi connectivity index (χ0n) is 14.3. The summed E-state index contributed by atoms with van der Waals surface area (Å²) in [5, 5.41) is 7.42. The van der Waals surface area contributed by atoms with Gasteiger partial charge in [-0.25, -0.2) is 0 Å². The molecule has 0 aliphatic rings. The second-order valence-electron chi connectivity index (χ2n) is 5.15. The Bertz CT molecular complexity index is 297. The molecule has 8 heteroatoms. The molecule has 0 aromatic heterocycles. The molecule has 0 saturated heterocycles. The van der Waals surface area contributed by atoms with Crippen LogP contribution in [0.25, 0.3) is 0 Å². The third kappa shape index (κ3) is 71.2. The van der Waals surface area contributed by atoms with Crippen LogP contribution in [0.4, 0.5) is 0 Å². The molecule has 22 heavy (non-hydrogen) atoms. The molecule has 0 aliphatic heterocycles. The first kappa shape index (κ1) is 27.2. The predicted octanol–water partition coefficient (Wildman–Crippen LogP) is 3.93. The Morgan fingerprint density at radius 2 is 1.09 bits per heavy atom. The number of carboxylic acids is 1. The van der Waals surface area contributed by atoms with Gasteiger partial charge in [-0.3, -0.25) is 13.9 Å². The van der Waals surface area contributed by atoms with Crippen LogP contribution in [0.1, 0.15) is 78.1 Å². The number of carbonyl (C=O) groups is 1. The van der Waals surface area contributed by atoms with Crippen molar-refractivity contribution in [3.05, 3.63) is 0 Å². The van der Waals surface area contributed by atoms with Crippen LogP contribution in [0.3, 0.4) is 0 Å². The summed E-state index contributed by atoms with van der Waals surface area (Å²) in [5.41, 5.74) is 0. The monoisotopic (exact) mass is 350 g/mol. The first-order chi connectivity index (χ1) is 10.1. The fourth-order valence-corrected chi connectivity index (χ4v) is 2.24. The van der Waals surface area contributed by atoms with E-state index in [1.165, 1.54) is 95.8 Å². The zero-order valence-corrected chi connectivity index (χ0v) is 17.1. The molecule has 0 rings (SSSR count). The van der Waals surface area contributed by atoms with Gasteiger partial charge in [0.2, 0.25) is 0 Å². The van der Waals surface area contributed by atoms with Crippen LogP contribution in [-0.4, -0.2) is 56.5 Å². The minimum Gasteiger partial charge on any atom is -0.264 e. The number of carboxylic acid groups (broad SMARTS) is 1. The molecule has 0 amide bonds. The van der Waals surface area contributed by atoms with E-state index in [0.29, 0.717) is 0 Å². The van der Waals surface area contributed by atoms with Crippen LogP contribution in [0.15, 0.2) is 0 Å². The van der Waals surface area contributed by atoms with Crippen LogP contribution >= 0.6 is 0 Å². The number of rotatable bonds is 10. The second-order valence-corrected chi connectivity index (χ2v) is 7.04. The fraction of sp³-hybridized carbons (Fsp3) is 0.929. The standard InChI is InChI=1S/C12H25.C2H4O2.Na.H2O4S/c1-3-5-7-9-11-12-10-8-6-4-2;1-2(3)4;;1-5(2,3)4/h1,3-12H2,2H3;1H3,(H,3,4);;(H2,1,2,3,4). The molecule has 0 heterocycles. The Labute approximate surface area is 153 Å². The van der Waals surface area contributed by atoms with E-state index in [1.54, 1.807) is 0 Å². The van der Waals surface area contributed by atoms with Crippen molar-refractivity contribution >= 4 is 44.3 Å². The van der Waals surface area contributed by atoms with Gasteiger partial charge in [0, 0.05) is 6.92 Å². The average Bonchev–Trinajstić information content (AvgIpc) is 2.34. The van der Waals surface area contributed by atoms with Crippen molar-refractivity contribution in [2.45, 2.75) is 81.7 Å². The van der Waals surface area contributed by atoms with Crippen LogP contribution in [0.5, 0.6) is 0 Å². The van der Waals surface area contributed by atoms with Gasteiger partial charge in [0.15, 0.2) is 0 Å². The molecule has 6 nitrogen and oxygen atoms in total. The number of unbranched alkanes of at least 4 members (excludes halogenated alkanes) is 9. The Kier molecular flexibility index (Phi) is 26.4. The normalized spacial score (nSPS) is 10.1. The van der Waals surface area contributed by atoms with Crippen molar-refractivity contribution in [1.29, 1.82) is 0 Å². The minimum absolute atomic E-state index is 0.833. The van der Waals surface area contributed by atoms with E-state index in [-0.39, 0.29) is 0 Å². The Balaban J connectivity index is -0.000000330. The van der Waals surface area contributed by atoms with Crippen molar-refractivity contribution < 1.29 is 27.4 Å². The van der Waals surface area contributed by atoms with Crippen molar-refractivity contribution in [3.8, 4) is 0 Å². The summed E-state index contributed by atoms with van der Waals surface area (Å²) in [6.45, 7) is 3.37. The second kappa shape index (κ2) is 21.3. The number of hydrogen-bond donors (Lipinski definition) is 3. The zero-order chi connectivity index (χ0) is 17.9. The van der Waals surface area contributed by atoms with E-state index in [1.807, 2.05) is 0 Å². The Morgan fingerprint density at radius 3 is 1.32 bits per heavy atom. The summed E-state index contributed by atoms with van der Waals surface area (Å²) in [4.78, 5) is 9.00. The van der Waals surface area contributed by atoms with Gasteiger partial charge in [-0.15, -0.1) is 0 Å². The molecule has 0 radical (unpaired) electrons. The van der Waals surface area contributed by atoms with E-state index in [2.05, 4.69) is 6.92 Å². The van der Waals surface area contributed by atoms with Gasteiger partial charge < -0.3 is 5.11 Å². The molecule has 0 aliphatic carbocycles. The van der Waals surface area contributed by atoms with Gasteiger partial charge in [0.05, 0.1) is 0 Å². The van der Waals surface area contributed by atoms with Crippen molar-refractivity contribution in [3.63, 3.8) is 0 Å². The minimum atomic E-state index is -4.67. The Hall–Kier alpha value is 0.340. The molecule has 0 atom stereocenters. The molecule has 0 unspecified atom stereocenters. The van der Waals surface area contributed by atoms with Crippen molar-refractivity contribution in [1.82, 2.24) is 0 Å². The summed E-state index contributed by atoms with van der Waals surface area (Å²) >= 11 is 1.41. The van der Waals surface area contributed by atoms with Gasteiger partial charge in [-0.05, 0) is 0 Å². The third-order valence-corrected chi connectivity index (χ3v) is 3.41. The van der Waals surface area contributed by atoms with E-state index in [9.17, 15) is 0 Å². The van der Waals surface area contributed by atoms with E-state index >= 15 is 0 Å². The average molecular weight is 350 g/mol. The van der Waals surface area contributed by atoms with Gasteiger partial charge in [-0.2, -0.15) is 8.42 Å². The van der Waals surface area contributed by atoms with Gasteiger partial charge in [0.1, 0.15) is 0 Å². The van der Waals surface area contributed by atoms with Crippen LogP contribution in [-0.2, 0) is 15.2 Å². The molecular weight excluding hydrogens is 319 g/mol. The molecule has 130 valence electrons. The summed E-state index contributed by atoms with van der Waals surface area (Å²) in [5.74, 6) is -0.833. The maximum atomic E-state index is 9.00. The van der Waals surface area contributed by atoms with Gasteiger partial charge in [-0.1, -0.05) is 0 Å². The van der Waals surface area contributed by atoms with Crippen molar-refractivity contribution in [2.24, 2.45) is 0 Å². The smallest absolute Gasteiger partial charge is 0.264 e. The summed E-state index contributed by atoms with van der Waals surface area (Å²) in [6.07, 6.45) is 14.7. The SMILES string of the molecule is CC(=O)O.CCCCCCCCCCC[CH2][Na].O=S(=O)(O)O. The maximum Gasteiger partial charge on any atom is 0.394 e. The maximum absolute atomic E-state index is 9.00. The third-order valence-electron chi connectivity index (χ3n) is 2.71. The fourth-order valence-electron chi connectivity index (χ4n) is 1.74. The van der Waals surface area contributed by atoms with E-state index < -0.39 is 16.4 Å². The van der Waals surface area contributed by atoms with Crippen molar-refractivity contribution in [2.75, 3.05) is 0 Å². The van der Waals surface area contributed by atoms with E-state index in [0.717, 1.165) is 6.92 Å². The van der Waals surface area contributed by atoms with Gasteiger partial charge in [0.25, 0.3) is 5.97 Å². The molecule has 0 bridgehead atoms. The number of aliphatic carboxylic acids is 1. The van der Waals surface area contributed by atoms with Crippen LogP contribution in [0.2, 0.25) is 3.67 Å². The topological polar surface area (TPSA) is 112 Å². The first-order valence-electron chi connectivity index (χ1n) is 8.04. The van der Waals surface area contributed by atoms with Crippen LogP contribution < -0.4 is 0 Å². The van der Waals surface area contributed by atoms with Crippen LogP contribution in [0, 0.1) is 0 Å². The molecule has 3 N–H and O–H groups in total. The van der Waals surface area contributed by atoms with E-state index in [4.69, 9.17) is 27.4 Å². The predicted molar refractivity (Wildman–Crippen MR) is 89.9 cm³/mol.